The molecule has 0 bridgehead atoms. The molecule has 8 heteroatoms. The van der Waals surface area contributed by atoms with Crippen LogP contribution in [-0.2, 0) is 16.1 Å². The number of aliphatic hydroxyl groups excluding tert-OH is 2. The van der Waals surface area contributed by atoms with Gasteiger partial charge >= 0.3 is 5.97 Å². The molecule has 8 nitrogen and oxygen atoms in total. The predicted molar refractivity (Wildman–Crippen MR) is 129 cm³/mol. The maximum Gasteiger partial charge on any atom is 0.342 e. The van der Waals surface area contributed by atoms with E-state index in [0.29, 0.717) is 11.3 Å². The van der Waals surface area contributed by atoms with Gasteiger partial charge in [0.05, 0.1) is 13.2 Å². The number of carbonyl (C=O) groups is 2. The number of ether oxygens (including phenoxy) is 3. The fourth-order valence-corrected chi connectivity index (χ4v) is 3.44. The van der Waals surface area contributed by atoms with E-state index in [1.165, 1.54) is 30.4 Å². The molecule has 1 heterocycles. The highest BCUT2D eigenvalue weighted by Gasteiger charge is 2.25. The van der Waals surface area contributed by atoms with Crippen LogP contribution in [0.3, 0.4) is 0 Å². The largest absolute Gasteiger partial charge is 0.507 e. The Labute approximate surface area is 204 Å². The maximum absolute atomic E-state index is 12.9. The van der Waals surface area contributed by atoms with Gasteiger partial charge in [-0.15, -0.1) is 0 Å². The van der Waals surface area contributed by atoms with Gasteiger partial charge < -0.3 is 29.5 Å². The van der Waals surface area contributed by atoms with Gasteiger partial charge in [0, 0.05) is 12.0 Å². The summed E-state index contributed by atoms with van der Waals surface area (Å²) >= 11 is 0. The second-order valence-corrected chi connectivity index (χ2v) is 8.42. The average molecular weight is 483 g/mol. The van der Waals surface area contributed by atoms with Crippen LogP contribution < -0.4 is 9.47 Å². The van der Waals surface area contributed by atoms with Crippen molar-refractivity contribution in [1.29, 1.82) is 0 Å². The number of benzene rings is 2. The Bertz CT molecular complexity index is 1100. The van der Waals surface area contributed by atoms with Crippen LogP contribution in [0.25, 0.3) is 6.08 Å². The minimum Gasteiger partial charge on any atom is -0.507 e. The van der Waals surface area contributed by atoms with E-state index in [1.54, 1.807) is 39.2 Å². The molecule has 4 atom stereocenters. The highest BCUT2D eigenvalue weighted by molar-refractivity contribution is 5.97. The molecule has 3 N–H and O–H groups in total. The van der Waals surface area contributed by atoms with Gasteiger partial charge in [0.2, 0.25) is 0 Å². The number of rotatable bonds is 4. The smallest absolute Gasteiger partial charge is 0.342 e. The summed E-state index contributed by atoms with van der Waals surface area (Å²) in [6.45, 7) is 3.62. The van der Waals surface area contributed by atoms with E-state index in [1.807, 2.05) is 12.1 Å². The van der Waals surface area contributed by atoms with Gasteiger partial charge in [-0.3, -0.25) is 4.79 Å². The summed E-state index contributed by atoms with van der Waals surface area (Å²) in [5, 5.41) is 31.0. The molecule has 0 aliphatic carbocycles. The van der Waals surface area contributed by atoms with Crippen molar-refractivity contribution in [3.8, 4) is 17.2 Å². The first-order valence-electron chi connectivity index (χ1n) is 11.3. The van der Waals surface area contributed by atoms with Crippen molar-refractivity contribution in [2.24, 2.45) is 5.92 Å². The number of hydrogen-bond donors (Lipinski definition) is 3. The lowest BCUT2D eigenvalue weighted by atomic mass is 9.99. The van der Waals surface area contributed by atoms with Gasteiger partial charge in [-0.25, -0.2) is 4.79 Å². The monoisotopic (exact) mass is 482 g/mol. The predicted octanol–water partition coefficient (Wildman–Crippen LogP) is 3.43. The van der Waals surface area contributed by atoms with Crippen molar-refractivity contribution in [1.82, 2.24) is 0 Å². The molecule has 3 rings (SSSR count). The lowest BCUT2D eigenvalue weighted by molar-refractivity contribution is -0.127. The molecule has 0 aromatic heterocycles. The number of esters is 1. The van der Waals surface area contributed by atoms with Crippen molar-refractivity contribution in [2.75, 3.05) is 7.11 Å². The van der Waals surface area contributed by atoms with Crippen molar-refractivity contribution >= 4 is 17.8 Å². The standard InChI is InChI=1S/C27H30O8/c1-16-7-12-23(29)26(31)22(28)6-4-5-19-13-21(14-24(30)25(19)27(32)35-17(16)2)34-15-18-8-10-20(33-3)11-9-18/h4-5,7-14,16-17,22,26,28,30-31H,6,15H2,1-3H3/b5-4+,12-7-/t16-,17+,22+,26?/m1/s1. The third-order valence-corrected chi connectivity index (χ3v) is 5.82. The first kappa shape index (κ1) is 26.0. The molecule has 0 saturated carbocycles. The quantitative estimate of drug-likeness (QED) is 0.567. The number of cyclic esters (lactones) is 1. The minimum absolute atomic E-state index is 0.0516. The van der Waals surface area contributed by atoms with E-state index in [0.717, 1.165) is 11.3 Å². The first-order chi connectivity index (χ1) is 16.7. The van der Waals surface area contributed by atoms with Crippen LogP contribution in [0, 0.1) is 5.92 Å². The van der Waals surface area contributed by atoms with Crippen molar-refractivity contribution in [3.05, 3.63) is 71.3 Å². The number of carbonyl (C=O) groups excluding carboxylic acids is 2. The molecule has 2 aromatic rings. The number of ketones is 1. The topological polar surface area (TPSA) is 123 Å². The number of aliphatic hydroxyl groups is 2. The number of aromatic hydroxyl groups is 1. The van der Waals surface area contributed by atoms with Crippen LogP contribution >= 0.6 is 0 Å². The SMILES string of the molecule is COc1ccc(COc2cc(O)c3c(c2)/C=C/C[C@H](O)C(O)C(=O)/C=C\[C@@H](C)[C@H](C)OC3=O)cc1. The molecule has 1 unspecified atom stereocenters. The summed E-state index contributed by atoms with van der Waals surface area (Å²) in [4.78, 5) is 25.1. The van der Waals surface area contributed by atoms with E-state index in [2.05, 4.69) is 0 Å². The minimum atomic E-state index is -1.59. The molecule has 1 aliphatic heterocycles. The summed E-state index contributed by atoms with van der Waals surface area (Å²) in [7, 11) is 1.58. The van der Waals surface area contributed by atoms with E-state index in [4.69, 9.17) is 14.2 Å². The number of fused-ring (bicyclic) bond motifs is 1. The zero-order chi connectivity index (χ0) is 25.5. The van der Waals surface area contributed by atoms with Gasteiger partial charge in [-0.05, 0) is 48.7 Å². The van der Waals surface area contributed by atoms with E-state index >= 15 is 0 Å². The second-order valence-electron chi connectivity index (χ2n) is 8.42. The summed E-state index contributed by atoms with van der Waals surface area (Å²) in [6, 6.07) is 10.2. The molecule has 0 amide bonds. The van der Waals surface area contributed by atoms with E-state index < -0.39 is 30.1 Å². The Morgan fingerprint density at radius 3 is 2.43 bits per heavy atom. The summed E-state index contributed by atoms with van der Waals surface area (Å²) in [5.74, 6) is -1.02. The zero-order valence-electron chi connectivity index (χ0n) is 19.9. The highest BCUT2D eigenvalue weighted by Crippen LogP contribution is 2.31. The third kappa shape index (κ3) is 6.71. The molecule has 186 valence electrons. The van der Waals surface area contributed by atoms with Crippen molar-refractivity contribution in [2.45, 2.75) is 45.2 Å². The second kappa shape index (κ2) is 11.7. The van der Waals surface area contributed by atoms with Gasteiger partial charge in [0.15, 0.2) is 5.78 Å². The molecule has 35 heavy (non-hydrogen) atoms. The lowest BCUT2D eigenvalue weighted by Gasteiger charge is -2.20. The third-order valence-electron chi connectivity index (χ3n) is 5.82. The Balaban J connectivity index is 1.91. The number of phenolic OH excluding ortho intramolecular Hbond substituents is 1. The number of phenols is 1. The normalized spacial score (nSPS) is 25.1. The molecule has 0 spiro atoms. The summed E-state index contributed by atoms with van der Waals surface area (Å²) < 4.78 is 16.5. The van der Waals surface area contributed by atoms with E-state index in [-0.39, 0.29) is 30.3 Å². The summed E-state index contributed by atoms with van der Waals surface area (Å²) in [5.41, 5.74) is 1.13. The molecule has 0 radical (unpaired) electrons. The Kier molecular flexibility index (Phi) is 8.68. The van der Waals surface area contributed by atoms with Crippen LogP contribution in [0.4, 0.5) is 0 Å². The van der Waals surface area contributed by atoms with Crippen LogP contribution in [0.15, 0.2) is 54.6 Å². The number of methoxy groups -OCH3 is 1. The number of hydrogen-bond acceptors (Lipinski definition) is 8. The zero-order valence-corrected chi connectivity index (χ0v) is 19.9. The first-order valence-corrected chi connectivity index (χ1v) is 11.3. The van der Waals surface area contributed by atoms with Gasteiger partial charge in [-0.2, -0.15) is 0 Å². The molecule has 0 saturated heterocycles. The molecular weight excluding hydrogens is 452 g/mol. The van der Waals surface area contributed by atoms with Gasteiger partial charge in [-0.1, -0.05) is 37.3 Å². The lowest BCUT2D eigenvalue weighted by Crippen LogP contribution is -2.32. The van der Waals surface area contributed by atoms with Crippen LogP contribution in [0.1, 0.15) is 41.8 Å². The van der Waals surface area contributed by atoms with Crippen LogP contribution in [-0.4, -0.2) is 52.5 Å². The van der Waals surface area contributed by atoms with Crippen LogP contribution in [0.2, 0.25) is 0 Å². The van der Waals surface area contributed by atoms with Gasteiger partial charge in [0.25, 0.3) is 0 Å². The summed E-state index contributed by atoms with van der Waals surface area (Å²) in [6.07, 6.45) is 2.09. The highest BCUT2D eigenvalue weighted by atomic mass is 16.5. The molecule has 2 aromatic carbocycles. The fraction of sp³-hybridized carbons (Fsp3) is 0.333. The Morgan fingerprint density at radius 2 is 1.74 bits per heavy atom. The van der Waals surface area contributed by atoms with E-state index in [9.17, 15) is 24.9 Å². The Morgan fingerprint density at radius 1 is 1.03 bits per heavy atom. The Hall–Kier alpha value is -3.62. The molecular formula is C27H30O8. The van der Waals surface area contributed by atoms with Gasteiger partial charge in [0.1, 0.15) is 41.6 Å². The van der Waals surface area contributed by atoms with Crippen LogP contribution in [0.5, 0.6) is 17.2 Å². The molecule has 0 fully saturated rings. The van der Waals surface area contributed by atoms with Crippen molar-refractivity contribution < 1.29 is 39.1 Å². The molecule has 1 aliphatic rings. The fourth-order valence-electron chi connectivity index (χ4n) is 3.44. The van der Waals surface area contributed by atoms with Crippen molar-refractivity contribution in [3.63, 3.8) is 0 Å². The average Bonchev–Trinajstić information content (AvgIpc) is 2.84. The maximum atomic E-state index is 12.9.